The molecule has 0 spiro atoms. The number of hydrogen-bond donors (Lipinski definition) is 1. The van der Waals surface area contributed by atoms with Crippen LogP contribution in [-0.4, -0.2) is 34.2 Å². The van der Waals surface area contributed by atoms with Gasteiger partial charge in [0.1, 0.15) is 24.5 Å². The van der Waals surface area contributed by atoms with Crippen LogP contribution < -0.4 is 5.73 Å². The van der Waals surface area contributed by atoms with Crippen molar-refractivity contribution in [3.8, 4) is 11.1 Å². The van der Waals surface area contributed by atoms with E-state index in [0.717, 1.165) is 45.7 Å². The molecule has 0 bridgehead atoms. The smallest absolute Gasteiger partial charge is 0.148 e. The predicted octanol–water partition coefficient (Wildman–Crippen LogP) is 4.54. The summed E-state index contributed by atoms with van der Waals surface area (Å²) in [5.74, 6) is 0.467. The third kappa shape index (κ3) is 3.76. The van der Waals surface area contributed by atoms with Gasteiger partial charge in [0.05, 0.1) is 10.9 Å². The summed E-state index contributed by atoms with van der Waals surface area (Å²) in [6.45, 7) is 8.24. The van der Waals surface area contributed by atoms with E-state index in [1.54, 1.807) is 0 Å². The van der Waals surface area contributed by atoms with Crippen LogP contribution in [0.25, 0.3) is 33.1 Å². The Balaban J connectivity index is 1.71. The number of aromatic nitrogens is 4. The fourth-order valence-electron chi connectivity index (χ4n) is 3.22. The summed E-state index contributed by atoms with van der Waals surface area (Å²) in [5, 5.41) is 1.93. The molecule has 0 unspecified atom stereocenters. The Morgan fingerprint density at radius 2 is 1.93 bits per heavy atom. The van der Waals surface area contributed by atoms with Crippen molar-refractivity contribution < 1.29 is 4.74 Å². The third-order valence-electron chi connectivity index (χ3n) is 4.81. The van der Waals surface area contributed by atoms with Crippen LogP contribution in [0.2, 0.25) is 25.7 Å². The topological polar surface area (TPSA) is 78.9 Å². The first-order valence-electron chi connectivity index (χ1n) is 9.45. The van der Waals surface area contributed by atoms with Crippen molar-refractivity contribution in [2.75, 3.05) is 12.3 Å². The molecule has 0 amide bonds. The van der Waals surface area contributed by atoms with Crippen LogP contribution in [0.3, 0.4) is 0 Å². The summed E-state index contributed by atoms with van der Waals surface area (Å²) in [5.41, 5.74) is 9.92. The van der Waals surface area contributed by atoms with Crippen LogP contribution in [0.4, 0.5) is 5.82 Å². The molecule has 0 aliphatic rings. The summed E-state index contributed by atoms with van der Waals surface area (Å²) in [4.78, 5) is 13.2. The number of rotatable bonds is 6. The summed E-state index contributed by atoms with van der Waals surface area (Å²) >= 11 is 0. The van der Waals surface area contributed by atoms with E-state index in [1.807, 2.05) is 35.2 Å². The van der Waals surface area contributed by atoms with Crippen molar-refractivity contribution in [3.63, 3.8) is 0 Å². The molecule has 3 aromatic heterocycles. The lowest BCUT2D eigenvalue weighted by Gasteiger charge is -2.15. The minimum absolute atomic E-state index is 0.443. The number of hydrogen-bond acceptors (Lipinski definition) is 5. The van der Waals surface area contributed by atoms with Gasteiger partial charge in [0.15, 0.2) is 0 Å². The molecule has 1 aromatic carbocycles. The summed E-state index contributed by atoms with van der Waals surface area (Å²) < 4.78 is 7.95. The van der Waals surface area contributed by atoms with E-state index < -0.39 is 8.07 Å². The summed E-state index contributed by atoms with van der Waals surface area (Å²) in [6, 6.07) is 11.3. The normalized spacial score (nSPS) is 12.1. The lowest BCUT2D eigenvalue weighted by atomic mass is 10.1. The molecular weight excluding hydrogens is 366 g/mol. The van der Waals surface area contributed by atoms with Gasteiger partial charge in [-0.25, -0.2) is 9.97 Å². The minimum atomic E-state index is -1.12. The molecule has 144 valence electrons. The molecule has 0 fully saturated rings. The second-order valence-corrected chi connectivity index (χ2v) is 13.9. The van der Waals surface area contributed by atoms with Gasteiger partial charge in [-0.05, 0) is 18.2 Å². The molecular formula is C21H25N5OSi. The fourth-order valence-corrected chi connectivity index (χ4v) is 3.98. The van der Waals surface area contributed by atoms with Crippen molar-refractivity contribution in [1.29, 1.82) is 0 Å². The van der Waals surface area contributed by atoms with E-state index >= 15 is 0 Å². The van der Waals surface area contributed by atoms with E-state index in [2.05, 4.69) is 46.7 Å². The van der Waals surface area contributed by atoms with Crippen molar-refractivity contribution in [1.82, 2.24) is 19.5 Å². The Bertz CT molecular complexity index is 1130. The van der Waals surface area contributed by atoms with Gasteiger partial charge in [0, 0.05) is 43.6 Å². The maximum atomic E-state index is 6.21. The lowest BCUT2D eigenvalue weighted by molar-refractivity contribution is 0.0899. The number of para-hydroxylation sites is 1. The van der Waals surface area contributed by atoms with Gasteiger partial charge in [0.2, 0.25) is 0 Å². The van der Waals surface area contributed by atoms with E-state index in [0.29, 0.717) is 12.5 Å². The monoisotopic (exact) mass is 391 g/mol. The van der Waals surface area contributed by atoms with Gasteiger partial charge in [-0.3, -0.25) is 4.98 Å². The number of ether oxygens (including phenoxy) is 1. The molecule has 0 aliphatic carbocycles. The SMILES string of the molecule is C[Si](C)(C)CCOCn1cc(-c2cnc3ccccc3c2)c2c(N)ncnc21. The first kappa shape index (κ1) is 18.6. The molecule has 4 aromatic rings. The van der Waals surface area contributed by atoms with E-state index in [9.17, 15) is 0 Å². The van der Waals surface area contributed by atoms with Crippen molar-refractivity contribution in [3.05, 3.63) is 49.1 Å². The number of nitrogens with zero attached hydrogens (tertiary/aromatic N) is 4. The lowest BCUT2D eigenvalue weighted by Crippen LogP contribution is -2.22. The van der Waals surface area contributed by atoms with E-state index in [-0.39, 0.29) is 0 Å². The zero-order valence-corrected chi connectivity index (χ0v) is 17.5. The Kier molecular flexibility index (Phi) is 4.86. The highest BCUT2D eigenvalue weighted by molar-refractivity contribution is 6.76. The Morgan fingerprint density at radius 1 is 1.11 bits per heavy atom. The van der Waals surface area contributed by atoms with Crippen LogP contribution in [0.15, 0.2) is 49.1 Å². The average molecular weight is 392 g/mol. The molecule has 2 N–H and O–H groups in total. The average Bonchev–Trinajstić information content (AvgIpc) is 3.04. The largest absolute Gasteiger partial charge is 0.383 e. The maximum absolute atomic E-state index is 6.21. The number of nitrogen functional groups attached to an aromatic ring is 1. The van der Waals surface area contributed by atoms with Crippen molar-refractivity contribution in [2.45, 2.75) is 32.4 Å². The third-order valence-corrected chi connectivity index (χ3v) is 6.52. The number of benzene rings is 1. The molecule has 3 heterocycles. The van der Waals surface area contributed by atoms with Crippen LogP contribution in [0.1, 0.15) is 0 Å². The van der Waals surface area contributed by atoms with Crippen molar-refractivity contribution in [2.24, 2.45) is 0 Å². The molecule has 6 nitrogen and oxygen atoms in total. The first-order chi connectivity index (χ1) is 13.4. The second-order valence-electron chi connectivity index (χ2n) is 8.23. The summed E-state index contributed by atoms with van der Waals surface area (Å²) in [7, 11) is -1.12. The molecule has 0 saturated carbocycles. The van der Waals surface area contributed by atoms with E-state index in [4.69, 9.17) is 10.5 Å². The highest BCUT2D eigenvalue weighted by Crippen LogP contribution is 2.33. The maximum Gasteiger partial charge on any atom is 0.148 e. The van der Waals surface area contributed by atoms with Crippen LogP contribution in [0, 0.1) is 0 Å². The Labute approximate surface area is 165 Å². The van der Waals surface area contributed by atoms with E-state index in [1.165, 1.54) is 6.33 Å². The molecule has 7 heteroatoms. The Morgan fingerprint density at radius 3 is 2.75 bits per heavy atom. The first-order valence-corrected chi connectivity index (χ1v) is 13.2. The summed E-state index contributed by atoms with van der Waals surface area (Å²) in [6.07, 6.45) is 5.41. The quantitative estimate of drug-likeness (QED) is 0.385. The van der Waals surface area contributed by atoms with Gasteiger partial charge in [-0.1, -0.05) is 37.8 Å². The molecule has 4 rings (SSSR count). The zero-order chi connectivity index (χ0) is 19.7. The minimum Gasteiger partial charge on any atom is -0.383 e. The van der Waals surface area contributed by atoms with Gasteiger partial charge >= 0.3 is 0 Å². The molecule has 0 radical (unpaired) electrons. The molecule has 28 heavy (non-hydrogen) atoms. The standard InChI is InChI=1S/C21H25N5OSi/c1-28(2,3)9-8-27-14-26-12-17(19-20(22)24-13-25-21(19)26)16-10-15-6-4-5-7-18(15)23-11-16/h4-7,10-13H,8-9,14H2,1-3H3,(H2,22,24,25). The second kappa shape index (κ2) is 7.33. The van der Waals surface area contributed by atoms with Gasteiger partial charge in [0.25, 0.3) is 0 Å². The molecule has 0 atom stereocenters. The number of pyridine rings is 1. The molecule has 0 saturated heterocycles. The molecule has 0 aliphatic heterocycles. The Hall–Kier alpha value is -2.77. The van der Waals surface area contributed by atoms with Crippen LogP contribution >= 0.6 is 0 Å². The van der Waals surface area contributed by atoms with Crippen LogP contribution in [-0.2, 0) is 11.5 Å². The van der Waals surface area contributed by atoms with Crippen molar-refractivity contribution >= 4 is 35.8 Å². The van der Waals surface area contributed by atoms with Gasteiger partial charge in [-0.2, -0.15) is 0 Å². The predicted molar refractivity (Wildman–Crippen MR) is 117 cm³/mol. The van der Waals surface area contributed by atoms with Gasteiger partial charge < -0.3 is 15.0 Å². The van der Waals surface area contributed by atoms with Crippen LogP contribution in [0.5, 0.6) is 0 Å². The highest BCUT2D eigenvalue weighted by atomic mass is 28.3. The van der Waals surface area contributed by atoms with Gasteiger partial charge in [-0.15, -0.1) is 0 Å². The number of anilines is 1. The number of fused-ring (bicyclic) bond motifs is 2. The zero-order valence-electron chi connectivity index (χ0n) is 16.5. The number of nitrogens with two attached hydrogens (primary N) is 1. The fraction of sp³-hybridized carbons (Fsp3) is 0.286. The highest BCUT2D eigenvalue weighted by Gasteiger charge is 2.16.